The highest BCUT2D eigenvalue weighted by molar-refractivity contribution is 7.14. The van der Waals surface area contributed by atoms with Gasteiger partial charge in [0.05, 0.1) is 16.9 Å². The first-order chi connectivity index (χ1) is 13.5. The second-order valence-electron chi connectivity index (χ2n) is 5.74. The van der Waals surface area contributed by atoms with Crippen molar-refractivity contribution in [3.05, 3.63) is 76.5 Å². The second kappa shape index (κ2) is 8.53. The lowest BCUT2D eigenvalue weighted by Crippen LogP contribution is -2.23. The Bertz CT molecular complexity index is 1020. The van der Waals surface area contributed by atoms with E-state index in [0.29, 0.717) is 23.1 Å². The molecule has 0 atom stereocenters. The number of rotatable bonds is 6. The number of esters is 1. The Morgan fingerprint density at radius 2 is 1.89 bits per heavy atom. The summed E-state index contributed by atoms with van der Waals surface area (Å²) in [6.07, 6.45) is 0.683. The minimum absolute atomic E-state index is 0.100. The predicted molar refractivity (Wildman–Crippen MR) is 102 cm³/mol. The molecule has 8 heteroatoms. The van der Waals surface area contributed by atoms with Crippen molar-refractivity contribution < 1.29 is 23.5 Å². The van der Waals surface area contributed by atoms with E-state index in [0.717, 1.165) is 11.3 Å². The van der Waals surface area contributed by atoms with E-state index in [2.05, 4.69) is 4.98 Å². The van der Waals surface area contributed by atoms with Crippen LogP contribution in [0.5, 0.6) is 0 Å². The lowest BCUT2D eigenvalue weighted by atomic mass is 10.1. The summed E-state index contributed by atoms with van der Waals surface area (Å²) in [5.74, 6) is -1.50. The molecule has 1 aromatic heterocycles. The molecular formula is C20H15FN2O4S. The first-order valence-corrected chi connectivity index (χ1v) is 9.09. The molecule has 0 unspecified atom stereocenters. The maximum absolute atomic E-state index is 14.1. The molecule has 0 aliphatic carbocycles. The summed E-state index contributed by atoms with van der Waals surface area (Å²) in [4.78, 5) is 40.2. The van der Waals surface area contributed by atoms with Gasteiger partial charge in [-0.05, 0) is 24.3 Å². The lowest BCUT2D eigenvalue weighted by Gasteiger charge is -2.18. The number of aromatic nitrogens is 1. The van der Waals surface area contributed by atoms with Gasteiger partial charge in [0.1, 0.15) is 18.7 Å². The van der Waals surface area contributed by atoms with Crippen molar-refractivity contribution >= 4 is 40.3 Å². The summed E-state index contributed by atoms with van der Waals surface area (Å²) in [7, 11) is 0. The average Bonchev–Trinajstić information content (AvgIpc) is 3.16. The minimum atomic E-state index is -0.565. The Labute approximate surface area is 164 Å². The van der Waals surface area contributed by atoms with E-state index >= 15 is 0 Å². The normalized spacial score (nSPS) is 10.4. The Hall–Kier alpha value is -3.39. The van der Waals surface area contributed by atoms with Crippen LogP contribution >= 0.6 is 11.3 Å². The van der Waals surface area contributed by atoms with Gasteiger partial charge in [0.15, 0.2) is 5.13 Å². The van der Waals surface area contributed by atoms with Crippen LogP contribution < -0.4 is 4.90 Å². The highest BCUT2D eigenvalue weighted by Crippen LogP contribution is 2.30. The Morgan fingerprint density at radius 1 is 1.18 bits per heavy atom. The summed E-state index contributed by atoms with van der Waals surface area (Å²) in [5, 5.41) is 1.91. The number of benzene rings is 2. The third-order valence-corrected chi connectivity index (χ3v) is 4.65. The molecular weight excluding hydrogens is 383 g/mol. The highest BCUT2D eigenvalue weighted by atomic mass is 32.1. The molecule has 6 nitrogen and oxygen atoms in total. The standard InChI is InChI=1S/C20H15FN2O4S/c1-13(25)23(18-5-3-2-4-17(18)21)20-22-16(12-28-20)11-27-19(26)15-8-6-14(10-24)7-9-15/h2-10,12H,11H2,1H3. The van der Waals surface area contributed by atoms with Gasteiger partial charge in [0.2, 0.25) is 5.91 Å². The van der Waals surface area contributed by atoms with Crippen LogP contribution in [0, 0.1) is 5.82 Å². The first kappa shape index (κ1) is 19.4. The van der Waals surface area contributed by atoms with Crippen molar-refractivity contribution in [2.75, 3.05) is 4.90 Å². The average molecular weight is 398 g/mol. The number of carbonyl (C=O) groups is 3. The molecule has 3 rings (SSSR count). The van der Waals surface area contributed by atoms with Crippen LogP contribution in [-0.4, -0.2) is 23.1 Å². The smallest absolute Gasteiger partial charge is 0.338 e. The van der Waals surface area contributed by atoms with Gasteiger partial charge in [0.25, 0.3) is 0 Å². The van der Waals surface area contributed by atoms with Crippen LogP contribution in [-0.2, 0) is 16.1 Å². The predicted octanol–water partition coefficient (Wildman–Crippen LogP) is 4.14. The summed E-state index contributed by atoms with van der Waals surface area (Å²) >= 11 is 1.14. The van der Waals surface area contributed by atoms with Crippen molar-refractivity contribution in [3.63, 3.8) is 0 Å². The number of carbonyl (C=O) groups excluding carboxylic acids is 3. The van der Waals surface area contributed by atoms with Crippen LogP contribution in [0.3, 0.4) is 0 Å². The largest absolute Gasteiger partial charge is 0.456 e. The molecule has 0 N–H and O–H groups in total. The fourth-order valence-corrected chi connectivity index (χ4v) is 3.29. The number of ether oxygens (including phenoxy) is 1. The SMILES string of the molecule is CC(=O)N(c1nc(COC(=O)c2ccc(C=O)cc2)cs1)c1ccccc1F. The van der Waals surface area contributed by atoms with E-state index in [-0.39, 0.29) is 17.4 Å². The number of hydrogen-bond donors (Lipinski definition) is 0. The van der Waals surface area contributed by atoms with Gasteiger partial charge in [-0.2, -0.15) is 0 Å². The lowest BCUT2D eigenvalue weighted by molar-refractivity contribution is -0.115. The quantitative estimate of drug-likeness (QED) is 0.461. The molecule has 0 fully saturated rings. The zero-order valence-electron chi connectivity index (χ0n) is 14.8. The first-order valence-electron chi connectivity index (χ1n) is 8.21. The Kier molecular flexibility index (Phi) is 5.90. The van der Waals surface area contributed by atoms with Crippen molar-refractivity contribution in [1.82, 2.24) is 4.98 Å². The molecule has 28 heavy (non-hydrogen) atoms. The molecule has 0 saturated heterocycles. The fourth-order valence-electron chi connectivity index (χ4n) is 2.43. The van der Waals surface area contributed by atoms with Crippen LogP contribution in [0.4, 0.5) is 15.2 Å². The molecule has 1 amide bonds. The van der Waals surface area contributed by atoms with Crippen molar-refractivity contribution in [1.29, 1.82) is 0 Å². The number of para-hydroxylation sites is 1. The number of thiazole rings is 1. The maximum Gasteiger partial charge on any atom is 0.338 e. The van der Waals surface area contributed by atoms with Gasteiger partial charge in [-0.3, -0.25) is 14.5 Å². The maximum atomic E-state index is 14.1. The van der Waals surface area contributed by atoms with E-state index in [9.17, 15) is 18.8 Å². The number of hydrogen-bond acceptors (Lipinski definition) is 6. The second-order valence-corrected chi connectivity index (χ2v) is 6.58. The van der Waals surface area contributed by atoms with Gasteiger partial charge in [-0.15, -0.1) is 11.3 Å². The number of amides is 1. The monoisotopic (exact) mass is 398 g/mol. The molecule has 142 valence electrons. The zero-order chi connectivity index (χ0) is 20.1. The summed E-state index contributed by atoms with van der Waals surface area (Å²) in [6.45, 7) is 1.21. The van der Waals surface area contributed by atoms with Gasteiger partial charge in [-0.1, -0.05) is 24.3 Å². The third-order valence-electron chi connectivity index (χ3n) is 3.77. The molecule has 0 saturated carbocycles. The van der Waals surface area contributed by atoms with Gasteiger partial charge in [0, 0.05) is 17.9 Å². The molecule has 0 radical (unpaired) electrons. The van der Waals surface area contributed by atoms with E-state index in [1.807, 2.05) is 0 Å². The fraction of sp³-hybridized carbons (Fsp3) is 0.100. The van der Waals surface area contributed by atoms with Gasteiger partial charge >= 0.3 is 5.97 Å². The molecule has 0 bridgehead atoms. The van der Waals surface area contributed by atoms with Crippen molar-refractivity contribution in [2.24, 2.45) is 0 Å². The topological polar surface area (TPSA) is 76.6 Å². The molecule has 2 aromatic carbocycles. The van der Waals surface area contributed by atoms with E-state index in [4.69, 9.17) is 4.74 Å². The Balaban J connectivity index is 1.72. The van der Waals surface area contributed by atoms with Crippen molar-refractivity contribution in [2.45, 2.75) is 13.5 Å². The van der Waals surface area contributed by atoms with Gasteiger partial charge in [-0.25, -0.2) is 14.2 Å². The third kappa shape index (κ3) is 4.29. The molecule has 3 aromatic rings. The minimum Gasteiger partial charge on any atom is -0.456 e. The van der Waals surface area contributed by atoms with Gasteiger partial charge < -0.3 is 4.74 Å². The number of anilines is 2. The molecule has 0 aliphatic rings. The van der Waals surface area contributed by atoms with Crippen LogP contribution in [0.2, 0.25) is 0 Å². The molecule has 0 aliphatic heterocycles. The van der Waals surface area contributed by atoms with Crippen LogP contribution in [0.1, 0.15) is 33.3 Å². The van der Waals surface area contributed by atoms with E-state index in [1.54, 1.807) is 11.4 Å². The number of aldehydes is 1. The summed E-state index contributed by atoms with van der Waals surface area (Å²) in [6, 6.07) is 11.9. The zero-order valence-corrected chi connectivity index (χ0v) is 15.6. The Morgan fingerprint density at radius 3 is 2.54 bits per heavy atom. The van der Waals surface area contributed by atoms with E-state index in [1.165, 1.54) is 54.3 Å². The van der Waals surface area contributed by atoms with Crippen LogP contribution in [0.25, 0.3) is 0 Å². The summed E-state index contributed by atoms with van der Waals surface area (Å²) in [5.41, 5.74) is 1.29. The van der Waals surface area contributed by atoms with Crippen LogP contribution in [0.15, 0.2) is 53.9 Å². The number of halogens is 1. The molecule has 1 heterocycles. The molecule has 0 spiro atoms. The number of nitrogens with zero attached hydrogens (tertiary/aromatic N) is 2. The van der Waals surface area contributed by atoms with Crippen molar-refractivity contribution in [3.8, 4) is 0 Å². The summed E-state index contributed by atoms with van der Waals surface area (Å²) < 4.78 is 19.3. The van der Waals surface area contributed by atoms with E-state index < -0.39 is 17.7 Å². The highest BCUT2D eigenvalue weighted by Gasteiger charge is 2.21.